The summed E-state index contributed by atoms with van der Waals surface area (Å²) in [5.41, 5.74) is 24.1. The van der Waals surface area contributed by atoms with E-state index in [1.807, 2.05) is 0 Å². The van der Waals surface area contributed by atoms with Gasteiger partial charge in [0.1, 0.15) is 44.8 Å². The second kappa shape index (κ2) is 17.5. The fraction of sp³-hybridized carbons (Fsp3) is 0.0667. The van der Waals surface area contributed by atoms with Crippen LogP contribution in [0, 0.1) is 0 Å². The van der Waals surface area contributed by atoms with Crippen LogP contribution in [-0.2, 0) is 28.9 Å². The number of anilines is 4. The Hall–Kier alpha value is -5.87. The first kappa shape index (κ1) is 40.3. The molecule has 0 saturated carbocycles. The van der Waals surface area contributed by atoms with E-state index in [1.165, 1.54) is 50.6 Å². The van der Waals surface area contributed by atoms with Gasteiger partial charge < -0.3 is 37.5 Å². The van der Waals surface area contributed by atoms with Crippen LogP contribution in [0.25, 0.3) is 10.8 Å². The van der Waals surface area contributed by atoms with Gasteiger partial charge in [-0.25, -0.2) is 10.5 Å². The average Bonchev–Trinajstić information content (AvgIpc) is 3.15. The number of methoxy groups -OCH3 is 2. The standard InChI is InChI=1S/C30H28N10O12S3/c1-47-24-10-23(25(48-2)9-22(24)38-37-20-11-26(53-51-49-42)18(33)7-16(20)31)39-40-29-27(54-52-50-43)5-13-3-4-14(6-15(13)30(29)41)35-36-21-12-28(55(44,45)46)19(34)8-17(21)32/h3-12,41-43H,31-34H2,1-2H3,(H,44,45,46). The van der Waals surface area contributed by atoms with Crippen molar-refractivity contribution in [2.24, 2.45) is 30.7 Å². The van der Waals surface area contributed by atoms with Crippen LogP contribution in [0.1, 0.15) is 0 Å². The van der Waals surface area contributed by atoms with Crippen molar-refractivity contribution in [3.8, 4) is 17.2 Å². The Labute approximate surface area is 318 Å². The molecule has 0 fully saturated rings. The molecule has 0 atom stereocenters. The van der Waals surface area contributed by atoms with E-state index in [-0.39, 0.29) is 78.7 Å². The van der Waals surface area contributed by atoms with Gasteiger partial charge in [-0.3, -0.25) is 4.55 Å². The van der Waals surface area contributed by atoms with Gasteiger partial charge in [0.15, 0.2) is 5.75 Å². The molecule has 0 radical (unpaired) electrons. The normalized spacial score (nSPS) is 12.1. The summed E-state index contributed by atoms with van der Waals surface area (Å²) >= 11 is 1.12. The van der Waals surface area contributed by atoms with Crippen LogP contribution in [0.4, 0.5) is 56.9 Å². The minimum atomic E-state index is -4.68. The number of phenols is 1. The molecule has 0 aromatic heterocycles. The second-order valence-electron chi connectivity index (χ2n) is 10.6. The molecule has 0 spiro atoms. The zero-order valence-corrected chi connectivity index (χ0v) is 30.5. The Balaban J connectivity index is 1.52. The SMILES string of the molecule is COc1cc(N=Nc2c(SOOO)cc3ccc(N=Nc4cc(S(=O)(=O)O)c(N)cc4N)cc3c2O)c(OC)cc1N=Nc1cc(SOOO)c(N)cc1N. The van der Waals surface area contributed by atoms with E-state index in [2.05, 4.69) is 49.4 Å². The number of nitrogens with two attached hydrogens (primary N) is 4. The third-order valence-electron chi connectivity index (χ3n) is 7.22. The molecule has 12 N–H and O–H groups in total. The third-order valence-corrected chi connectivity index (χ3v) is 9.41. The van der Waals surface area contributed by atoms with E-state index < -0.39 is 20.8 Å². The minimum Gasteiger partial charge on any atom is -0.505 e. The van der Waals surface area contributed by atoms with Crippen molar-refractivity contribution < 1.29 is 56.8 Å². The van der Waals surface area contributed by atoms with E-state index in [0.717, 1.165) is 12.1 Å². The number of benzene rings is 5. The Morgan fingerprint density at radius 1 is 0.618 bits per heavy atom. The van der Waals surface area contributed by atoms with Crippen molar-refractivity contribution >= 4 is 102 Å². The van der Waals surface area contributed by atoms with Crippen molar-refractivity contribution in [2.75, 3.05) is 37.2 Å². The van der Waals surface area contributed by atoms with E-state index in [9.17, 15) is 18.1 Å². The lowest BCUT2D eigenvalue weighted by Gasteiger charge is -2.11. The number of nitrogens with zero attached hydrogens (tertiary/aromatic N) is 6. The number of fused-ring (bicyclic) bond motifs is 1. The highest BCUT2D eigenvalue weighted by atomic mass is 32.2. The van der Waals surface area contributed by atoms with Crippen molar-refractivity contribution in [2.45, 2.75) is 14.7 Å². The van der Waals surface area contributed by atoms with Crippen LogP contribution in [0.5, 0.6) is 17.2 Å². The second-order valence-corrected chi connectivity index (χ2v) is 13.5. The summed E-state index contributed by atoms with van der Waals surface area (Å²) in [6, 6.07) is 13.9. The number of azo groups is 3. The van der Waals surface area contributed by atoms with Gasteiger partial charge in [0.25, 0.3) is 10.1 Å². The highest BCUT2D eigenvalue weighted by Crippen LogP contribution is 2.47. The molecular formula is C30H28N10O12S3. The maximum atomic E-state index is 11.7. The van der Waals surface area contributed by atoms with Crippen LogP contribution in [0.15, 0.2) is 106 Å². The molecule has 0 aliphatic rings. The fourth-order valence-electron chi connectivity index (χ4n) is 4.68. The topological polar surface area (TPSA) is 349 Å². The van der Waals surface area contributed by atoms with Crippen LogP contribution < -0.4 is 32.4 Å². The van der Waals surface area contributed by atoms with Crippen LogP contribution in [-0.4, -0.2) is 42.8 Å². The zero-order valence-electron chi connectivity index (χ0n) is 28.0. The van der Waals surface area contributed by atoms with Gasteiger partial charge in [-0.05, 0) is 47.9 Å². The van der Waals surface area contributed by atoms with E-state index in [0.29, 0.717) is 34.4 Å². The van der Waals surface area contributed by atoms with E-state index in [1.54, 1.807) is 12.1 Å². The molecule has 0 aliphatic heterocycles. The Bertz CT molecular complexity index is 2450. The van der Waals surface area contributed by atoms with Crippen LogP contribution in [0.3, 0.4) is 0 Å². The van der Waals surface area contributed by atoms with Crippen LogP contribution >= 0.6 is 24.1 Å². The smallest absolute Gasteiger partial charge is 0.296 e. The number of phenolic OH excluding ortho intramolecular Hbond substituents is 1. The Morgan fingerprint density at radius 2 is 1.16 bits per heavy atom. The summed E-state index contributed by atoms with van der Waals surface area (Å²) < 4.78 is 52.9. The van der Waals surface area contributed by atoms with Crippen molar-refractivity contribution in [3.05, 3.63) is 60.7 Å². The molecule has 0 amide bonds. The number of hydrogen-bond donors (Lipinski definition) is 8. The fourth-order valence-corrected chi connectivity index (χ4v) is 6.21. The molecule has 5 aromatic carbocycles. The molecule has 288 valence electrons. The van der Waals surface area contributed by atoms with Gasteiger partial charge in [0.05, 0.1) is 70.8 Å². The summed E-state index contributed by atoms with van der Waals surface area (Å²) in [5.74, 6) is -0.0809. The number of ether oxygens (including phenoxy) is 2. The predicted octanol–water partition coefficient (Wildman–Crippen LogP) is 8.24. The summed E-state index contributed by atoms with van der Waals surface area (Å²) in [5, 5.41) is 61.7. The van der Waals surface area contributed by atoms with Crippen molar-refractivity contribution in [1.29, 1.82) is 0 Å². The molecule has 5 aromatic rings. The maximum Gasteiger partial charge on any atom is 0.296 e. The summed E-state index contributed by atoms with van der Waals surface area (Å²) in [6.07, 6.45) is 0. The van der Waals surface area contributed by atoms with Gasteiger partial charge in [-0.15, -0.1) is 34.2 Å². The number of rotatable bonds is 15. The summed E-state index contributed by atoms with van der Waals surface area (Å²) in [6.45, 7) is 0. The first-order valence-electron chi connectivity index (χ1n) is 14.7. The first-order chi connectivity index (χ1) is 26.3. The monoisotopic (exact) mass is 816 g/mol. The highest BCUT2D eigenvalue weighted by Gasteiger charge is 2.19. The minimum absolute atomic E-state index is 0.0167. The Morgan fingerprint density at radius 3 is 1.76 bits per heavy atom. The van der Waals surface area contributed by atoms with Gasteiger partial charge in [-0.1, -0.05) is 16.1 Å². The number of aromatic hydroxyl groups is 1. The molecule has 0 heterocycles. The van der Waals surface area contributed by atoms with E-state index in [4.69, 9.17) is 42.9 Å². The molecule has 55 heavy (non-hydrogen) atoms. The Kier molecular flexibility index (Phi) is 12.8. The summed E-state index contributed by atoms with van der Waals surface area (Å²) in [7, 11) is -1.94. The lowest BCUT2D eigenvalue weighted by Crippen LogP contribution is -2.04. The summed E-state index contributed by atoms with van der Waals surface area (Å²) in [4.78, 5) is -0.132. The highest BCUT2D eigenvalue weighted by molar-refractivity contribution is 7.95. The number of nitrogen functional groups attached to an aromatic ring is 4. The molecule has 0 aliphatic carbocycles. The predicted molar refractivity (Wildman–Crippen MR) is 199 cm³/mol. The molecule has 0 bridgehead atoms. The maximum absolute atomic E-state index is 11.7. The van der Waals surface area contributed by atoms with Crippen molar-refractivity contribution in [1.82, 2.24) is 0 Å². The molecule has 5 rings (SSSR count). The zero-order chi connectivity index (χ0) is 39.9. The molecule has 0 saturated heterocycles. The average molecular weight is 817 g/mol. The molecule has 25 heteroatoms. The molecule has 0 unspecified atom stereocenters. The van der Waals surface area contributed by atoms with Gasteiger partial charge in [-0.2, -0.15) is 13.5 Å². The lowest BCUT2D eigenvalue weighted by molar-refractivity contribution is -0.432. The van der Waals surface area contributed by atoms with Gasteiger partial charge in [0, 0.05) is 23.2 Å². The lowest BCUT2D eigenvalue weighted by atomic mass is 10.1. The van der Waals surface area contributed by atoms with Crippen molar-refractivity contribution in [3.63, 3.8) is 0 Å². The molecular weight excluding hydrogens is 789 g/mol. The van der Waals surface area contributed by atoms with Gasteiger partial charge in [0.2, 0.25) is 0 Å². The van der Waals surface area contributed by atoms with E-state index >= 15 is 0 Å². The van der Waals surface area contributed by atoms with Crippen LogP contribution in [0.2, 0.25) is 0 Å². The molecule has 22 nitrogen and oxygen atoms in total. The largest absolute Gasteiger partial charge is 0.505 e. The quantitative estimate of drug-likeness (QED) is 0.0123. The third kappa shape index (κ3) is 9.45. The van der Waals surface area contributed by atoms with Gasteiger partial charge >= 0.3 is 0 Å². The first-order valence-corrected chi connectivity index (χ1v) is 17.7. The number of hydrogen-bond acceptors (Lipinski definition) is 23.